The van der Waals surface area contributed by atoms with Crippen molar-refractivity contribution >= 4 is 28.6 Å². The normalized spacial score (nSPS) is 11.7. The van der Waals surface area contributed by atoms with Gasteiger partial charge in [-0.3, -0.25) is 14.9 Å². The molecule has 0 spiro atoms. The van der Waals surface area contributed by atoms with Crippen LogP contribution in [0.2, 0.25) is 0 Å². The fourth-order valence-electron chi connectivity index (χ4n) is 1.77. The summed E-state index contributed by atoms with van der Waals surface area (Å²) in [4.78, 5) is 23.3. The van der Waals surface area contributed by atoms with Gasteiger partial charge in [-0.1, -0.05) is 12.1 Å². The summed E-state index contributed by atoms with van der Waals surface area (Å²) < 4.78 is 0. The third kappa shape index (κ3) is 4.28. The lowest BCUT2D eigenvalue weighted by Gasteiger charge is -2.14. The van der Waals surface area contributed by atoms with E-state index in [1.165, 1.54) is 12.1 Å². The summed E-state index contributed by atoms with van der Waals surface area (Å²) in [5.41, 5.74) is 0.536. The molecular weight excluding hydrogens is 290 g/mol. The number of non-ortho nitro benzene ring substituents is 1. The quantitative estimate of drug-likeness (QED) is 0.635. The molecule has 2 aromatic rings. The van der Waals surface area contributed by atoms with E-state index in [1.54, 1.807) is 30.4 Å². The van der Waals surface area contributed by atoms with Crippen LogP contribution >= 0.6 is 11.3 Å². The van der Waals surface area contributed by atoms with Crippen molar-refractivity contribution in [3.8, 4) is 0 Å². The summed E-state index contributed by atoms with van der Waals surface area (Å²) in [5, 5.41) is 18.4. The lowest BCUT2D eigenvalue weighted by atomic mass is 10.2. The molecule has 0 radical (unpaired) electrons. The highest BCUT2D eigenvalue weighted by molar-refractivity contribution is 7.09. The number of carbonyl (C=O) groups excluding carboxylic acids is 1. The maximum absolute atomic E-state index is 12.0. The molecule has 0 bridgehead atoms. The second-order valence-electron chi connectivity index (χ2n) is 4.47. The summed E-state index contributed by atoms with van der Waals surface area (Å²) >= 11 is 1.58. The molecule has 0 aliphatic carbocycles. The van der Waals surface area contributed by atoms with E-state index in [4.69, 9.17) is 0 Å². The van der Waals surface area contributed by atoms with Crippen LogP contribution in [0.3, 0.4) is 0 Å². The number of thiophene rings is 1. The maximum Gasteiger partial charge on any atom is 0.271 e. The van der Waals surface area contributed by atoms with Crippen LogP contribution < -0.4 is 10.6 Å². The van der Waals surface area contributed by atoms with Crippen molar-refractivity contribution < 1.29 is 9.72 Å². The number of hydrogen-bond acceptors (Lipinski definition) is 5. The molecule has 2 rings (SSSR count). The van der Waals surface area contributed by atoms with Crippen LogP contribution in [0.4, 0.5) is 11.4 Å². The van der Waals surface area contributed by atoms with Crippen LogP contribution in [0, 0.1) is 10.1 Å². The van der Waals surface area contributed by atoms with Crippen molar-refractivity contribution in [3.63, 3.8) is 0 Å². The number of nitro benzene ring substituents is 1. The predicted octanol–water partition coefficient (Wildman–Crippen LogP) is 2.77. The molecule has 0 saturated heterocycles. The van der Waals surface area contributed by atoms with Crippen LogP contribution in [0.25, 0.3) is 0 Å². The lowest BCUT2D eigenvalue weighted by molar-refractivity contribution is -0.384. The molecule has 1 aromatic heterocycles. The zero-order valence-electron chi connectivity index (χ0n) is 11.4. The first-order valence-corrected chi connectivity index (χ1v) is 7.25. The number of rotatable bonds is 6. The molecule has 0 aliphatic heterocycles. The highest BCUT2D eigenvalue weighted by atomic mass is 32.1. The molecular formula is C14H15N3O3S. The first kappa shape index (κ1) is 15.0. The number of benzene rings is 1. The van der Waals surface area contributed by atoms with E-state index in [1.807, 2.05) is 17.5 Å². The number of nitro groups is 1. The Morgan fingerprint density at radius 2 is 2.19 bits per heavy atom. The Balaban J connectivity index is 1.91. The zero-order chi connectivity index (χ0) is 15.2. The smallest absolute Gasteiger partial charge is 0.271 e. The zero-order valence-corrected chi connectivity index (χ0v) is 12.2. The maximum atomic E-state index is 12.0. The van der Waals surface area contributed by atoms with Gasteiger partial charge in [0.05, 0.1) is 11.5 Å². The van der Waals surface area contributed by atoms with E-state index in [-0.39, 0.29) is 11.6 Å². The molecule has 1 atom stereocenters. The Kier molecular flexibility index (Phi) is 4.89. The Bertz CT molecular complexity index is 628. The third-order valence-electron chi connectivity index (χ3n) is 2.85. The minimum Gasteiger partial charge on any atom is -0.374 e. The minimum atomic E-state index is -0.480. The number of nitrogens with zero attached hydrogens (tertiary/aromatic N) is 1. The molecule has 110 valence electrons. The van der Waals surface area contributed by atoms with E-state index in [0.717, 1.165) is 4.88 Å². The van der Waals surface area contributed by atoms with E-state index < -0.39 is 11.0 Å². The van der Waals surface area contributed by atoms with Crippen molar-refractivity contribution in [1.29, 1.82) is 0 Å². The molecule has 1 heterocycles. The Labute approximate surface area is 126 Å². The number of amides is 1. The van der Waals surface area contributed by atoms with Gasteiger partial charge in [0.15, 0.2) is 0 Å². The molecule has 7 heteroatoms. The van der Waals surface area contributed by atoms with Gasteiger partial charge in [0.25, 0.3) is 5.69 Å². The van der Waals surface area contributed by atoms with Gasteiger partial charge in [0, 0.05) is 22.7 Å². The van der Waals surface area contributed by atoms with Crippen molar-refractivity contribution in [3.05, 3.63) is 56.8 Å². The average Bonchev–Trinajstić information content (AvgIpc) is 2.98. The van der Waals surface area contributed by atoms with Gasteiger partial charge in [0.1, 0.15) is 6.04 Å². The van der Waals surface area contributed by atoms with Gasteiger partial charge in [-0.15, -0.1) is 11.3 Å². The summed E-state index contributed by atoms with van der Waals surface area (Å²) in [6.45, 7) is 2.19. The van der Waals surface area contributed by atoms with E-state index in [2.05, 4.69) is 10.6 Å². The monoisotopic (exact) mass is 305 g/mol. The molecule has 6 nitrogen and oxygen atoms in total. The largest absolute Gasteiger partial charge is 0.374 e. The molecule has 0 unspecified atom stereocenters. The lowest BCUT2D eigenvalue weighted by Crippen LogP contribution is -2.37. The molecule has 1 aromatic carbocycles. The first-order chi connectivity index (χ1) is 10.1. The topological polar surface area (TPSA) is 84.3 Å². The van der Waals surface area contributed by atoms with Gasteiger partial charge in [-0.05, 0) is 24.4 Å². The number of hydrogen-bond donors (Lipinski definition) is 2. The highest BCUT2D eigenvalue weighted by Gasteiger charge is 2.14. The van der Waals surface area contributed by atoms with Gasteiger partial charge < -0.3 is 10.6 Å². The third-order valence-corrected chi connectivity index (χ3v) is 3.73. The van der Waals surface area contributed by atoms with E-state index in [0.29, 0.717) is 12.2 Å². The minimum absolute atomic E-state index is 0.00815. The van der Waals surface area contributed by atoms with Crippen LogP contribution in [0.15, 0.2) is 41.8 Å². The van der Waals surface area contributed by atoms with Crippen LogP contribution in [-0.4, -0.2) is 16.9 Å². The van der Waals surface area contributed by atoms with Crippen molar-refractivity contribution in [2.24, 2.45) is 0 Å². The SMILES string of the molecule is C[C@H](Nc1cccc([N+](=O)[O-])c1)C(=O)NCc1cccs1. The van der Waals surface area contributed by atoms with Gasteiger partial charge >= 0.3 is 0 Å². The molecule has 1 amide bonds. The highest BCUT2D eigenvalue weighted by Crippen LogP contribution is 2.17. The van der Waals surface area contributed by atoms with Crippen molar-refractivity contribution in [2.75, 3.05) is 5.32 Å². The molecule has 0 saturated carbocycles. The fourth-order valence-corrected chi connectivity index (χ4v) is 2.41. The standard InChI is InChI=1S/C14H15N3O3S/c1-10(14(18)15-9-13-6-3-7-21-13)16-11-4-2-5-12(8-11)17(19)20/h2-8,10,16H,9H2,1H3,(H,15,18)/t10-/m0/s1. The van der Waals surface area contributed by atoms with Crippen LogP contribution in [0.5, 0.6) is 0 Å². The van der Waals surface area contributed by atoms with Crippen LogP contribution in [0.1, 0.15) is 11.8 Å². The molecule has 0 aliphatic rings. The Morgan fingerprint density at radius 3 is 2.86 bits per heavy atom. The summed E-state index contributed by atoms with van der Waals surface area (Å²) in [6, 6.07) is 9.48. The van der Waals surface area contributed by atoms with Gasteiger partial charge in [-0.25, -0.2) is 0 Å². The second kappa shape index (κ2) is 6.85. The van der Waals surface area contributed by atoms with E-state index in [9.17, 15) is 14.9 Å². The summed E-state index contributed by atoms with van der Waals surface area (Å²) in [7, 11) is 0. The summed E-state index contributed by atoms with van der Waals surface area (Å²) in [6.07, 6.45) is 0. The molecule has 2 N–H and O–H groups in total. The van der Waals surface area contributed by atoms with Gasteiger partial charge in [0.2, 0.25) is 5.91 Å². The Hall–Kier alpha value is -2.41. The number of nitrogens with one attached hydrogen (secondary N) is 2. The van der Waals surface area contributed by atoms with Crippen LogP contribution in [-0.2, 0) is 11.3 Å². The number of anilines is 1. The predicted molar refractivity (Wildman–Crippen MR) is 82.3 cm³/mol. The molecule has 0 fully saturated rings. The van der Waals surface area contributed by atoms with E-state index >= 15 is 0 Å². The first-order valence-electron chi connectivity index (χ1n) is 6.37. The van der Waals surface area contributed by atoms with Crippen molar-refractivity contribution in [2.45, 2.75) is 19.5 Å². The number of carbonyl (C=O) groups is 1. The second-order valence-corrected chi connectivity index (χ2v) is 5.50. The fraction of sp³-hybridized carbons (Fsp3) is 0.214. The summed E-state index contributed by atoms with van der Waals surface area (Å²) in [5.74, 6) is -0.157. The average molecular weight is 305 g/mol. The van der Waals surface area contributed by atoms with Crippen molar-refractivity contribution in [1.82, 2.24) is 5.32 Å². The van der Waals surface area contributed by atoms with Gasteiger partial charge in [-0.2, -0.15) is 0 Å². The molecule has 21 heavy (non-hydrogen) atoms. The Morgan fingerprint density at radius 1 is 1.38 bits per heavy atom.